The minimum atomic E-state index is -0.364. The van der Waals surface area contributed by atoms with Crippen LogP contribution in [0.5, 0.6) is 0 Å². The minimum absolute atomic E-state index is 0.0993. The van der Waals surface area contributed by atoms with E-state index in [1.807, 2.05) is 17.8 Å². The fraction of sp³-hybridized carbons (Fsp3) is 0.875. The van der Waals surface area contributed by atoms with Crippen molar-refractivity contribution in [2.75, 3.05) is 7.11 Å². The summed E-state index contributed by atoms with van der Waals surface area (Å²) in [5, 5.41) is 22.7. The van der Waals surface area contributed by atoms with Crippen LogP contribution in [0, 0.1) is 17.3 Å². The normalized spacial score (nSPS) is 34.1. The van der Waals surface area contributed by atoms with Gasteiger partial charge in [0.15, 0.2) is 0 Å². The summed E-state index contributed by atoms with van der Waals surface area (Å²) in [5.74, 6) is 0.596. The second-order valence-corrected chi connectivity index (χ2v) is 11.1. The van der Waals surface area contributed by atoms with E-state index in [4.69, 9.17) is 4.74 Å². The Labute approximate surface area is 180 Å². The molecule has 29 heavy (non-hydrogen) atoms. The van der Waals surface area contributed by atoms with Gasteiger partial charge in [0.2, 0.25) is 0 Å². The van der Waals surface area contributed by atoms with Crippen LogP contribution in [0.15, 0.2) is 12.2 Å². The third-order valence-corrected chi connectivity index (χ3v) is 9.40. The zero-order chi connectivity index (χ0) is 20.9. The summed E-state index contributed by atoms with van der Waals surface area (Å²) in [4.78, 5) is 11.2. The van der Waals surface area contributed by atoms with E-state index in [0.29, 0.717) is 22.8 Å². The highest BCUT2D eigenvalue weighted by atomic mass is 32.2. The largest absolute Gasteiger partial charge is 0.469 e. The number of esters is 1. The molecule has 2 saturated carbocycles. The highest BCUT2D eigenvalue weighted by Crippen LogP contribution is 2.53. The Bertz CT molecular complexity index is 559. The summed E-state index contributed by atoms with van der Waals surface area (Å²) < 4.78 is 4.71. The second kappa shape index (κ2) is 10.7. The molecule has 0 aromatic heterocycles. The average Bonchev–Trinajstić information content (AvgIpc) is 3.19. The molecule has 0 aromatic rings. The molecule has 3 fully saturated rings. The summed E-state index contributed by atoms with van der Waals surface area (Å²) in [5.41, 5.74) is 0.0993. The van der Waals surface area contributed by atoms with Crippen molar-refractivity contribution in [1.82, 2.24) is 0 Å². The van der Waals surface area contributed by atoms with Gasteiger partial charge in [0, 0.05) is 22.8 Å². The summed E-state index contributed by atoms with van der Waals surface area (Å²) >= 11 is 2.05. The maximum absolute atomic E-state index is 11.2. The van der Waals surface area contributed by atoms with Crippen LogP contribution in [0.3, 0.4) is 0 Å². The molecule has 2 N–H and O–H groups in total. The van der Waals surface area contributed by atoms with Gasteiger partial charge in [-0.25, -0.2) is 0 Å². The third-order valence-electron chi connectivity index (χ3n) is 7.70. The van der Waals surface area contributed by atoms with Crippen LogP contribution in [0.4, 0.5) is 0 Å². The van der Waals surface area contributed by atoms with E-state index in [1.54, 1.807) is 0 Å². The van der Waals surface area contributed by atoms with Gasteiger partial charge < -0.3 is 14.9 Å². The number of fused-ring (bicyclic) bond motifs is 1. The summed E-state index contributed by atoms with van der Waals surface area (Å²) in [6.07, 6.45) is 16.2. The molecule has 166 valence electrons. The molecule has 0 aromatic carbocycles. The van der Waals surface area contributed by atoms with E-state index in [-0.39, 0.29) is 29.5 Å². The highest BCUT2D eigenvalue weighted by molar-refractivity contribution is 8.00. The number of methoxy groups -OCH3 is 1. The second-order valence-electron chi connectivity index (χ2n) is 9.55. The number of aliphatic hydroxyl groups excluding tert-OH is 2. The van der Waals surface area contributed by atoms with Crippen LogP contribution in [0.25, 0.3) is 0 Å². The number of hydrogen-bond donors (Lipinski definition) is 2. The molecule has 0 radical (unpaired) electrons. The first-order valence-electron chi connectivity index (χ1n) is 11.8. The van der Waals surface area contributed by atoms with E-state index < -0.39 is 0 Å². The van der Waals surface area contributed by atoms with Crippen molar-refractivity contribution in [1.29, 1.82) is 0 Å². The van der Waals surface area contributed by atoms with Gasteiger partial charge in [-0.3, -0.25) is 4.79 Å². The molecule has 1 aliphatic heterocycles. The molecule has 1 saturated heterocycles. The Kier molecular flexibility index (Phi) is 8.52. The Morgan fingerprint density at radius 1 is 1.28 bits per heavy atom. The number of carbonyl (C=O) groups excluding carboxylic acids is 1. The van der Waals surface area contributed by atoms with Crippen LogP contribution in [0.1, 0.15) is 84.0 Å². The lowest BCUT2D eigenvalue weighted by atomic mass is 9.62. The van der Waals surface area contributed by atoms with E-state index >= 15 is 0 Å². The van der Waals surface area contributed by atoms with E-state index in [1.165, 1.54) is 26.4 Å². The zero-order valence-electron chi connectivity index (χ0n) is 18.2. The summed E-state index contributed by atoms with van der Waals surface area (Å²) in [6.45, 7) is 2.22. The summed E-state index contributed by atoms with van der Waals surface area (Å²) in [7, 11) is 1.45. The van der Waals surface area contributed by atoms with Crippen LogP contribution < -0.4 is 0 Å². The average molecular weight is 425 g/mol. The standard InChI is InChI=1S/C24H40O4S/c1-3-4-12-24(13-7-14-24)22(26)11-10-18-19-15-17(29-21(19)16-20(18)25)8-5-6-9-23(27)28-2/h10-11,17-22,25-26H,3-9,12-16H2,1-2H3/b11-10+/t17?,18-,19-,20-,21-,22-/m1/s1. The van der Waals surface area contributed by atoms with E-state index in [0.717, 1.165) is 51.4 Å². The fourth-order valence-corrected chi connectivity index (χ4v) is 7.60. The van der Waals surface area contributed by atoms with Gasteiger partial charge in [-0.2, -0.15) is 11.8 Å². The smallest absolute Gasteiger partial charge is 0.305 e. The Balaban J connectivity index is 1.49. The fourth-order valence-electron chi connectivity index (χ4n) is 5.67. The monoisotopic (exact) mass is 424 g/mol. The molecule has 0 spiro atoms. The Hall–Kier alpha value is -0.520. The summed E-state index contributed by atoms with van der Waals surface area (Å²) in [6, 6.07) is 0. The quantitative estimate of drug-likeness (QED) is 0.281. The molecule has 5 heteroatoms. The molecule has 6 atom stereocenters. The molecule has 0 bridgehead atoms. The van der Waals surface area contributed by atoms with Crippen LogP contribution in [-0.4, -0.2) is 46.0 Å². The van der Waals surface area contributed by atoms with Gasteiger partial charge in [-0.1, -0.05) is 44.8 Å². The number of aliphatic hydroxyl groups is 2. The molecule has 3 rings (SSSR count). The van der Waals surface area contributed by atoms with Crippen molar-refractivity contribution >= 4 is 17.7 Å². The van der Waals surface area contributed by atoms with Crippen molar-refractivity contribution in [2.24, 2.45) is 17.3 Å². The van der Waals surface area contributed by atoms with E-state index in [9.17, 15) is 15.0 Å². The van der Waals surface area contributed by atoms with Crippen molar-refractivity contribution < 1.29 is 19.7 Å². The first kappa shape index (κ1) is 23.1. The van der Waals surface area contributed by atoms with Crippen LogP contribution in [0.2, 0.25) is 0 Å². The van der Waals surface area contributed by atoms with Gasteiger partial charge in [-0.15, -0.1) is 0 Å². The van der Waals surface area contributed by atoms with E-state index in [2.05, 4.69) is 13.0 Å². The van der Waals surface area contributed by atoms with Crippen molar-refractivity contribution in [2.45, 2.75) is 107 Å². The van der Waals surface area contributed by atoms with Gasteiger partial charge in [-0.05, 0) is 56.3 Å². The lowest BCUT2D eigenvalue weighted by molar-refractivity contribution is -0.140. The molecule has 2 aliphatic carbocycles. The number of ether oxygens (including phenoxy) is 1. The maximum Gasteiger partial charge on any atom is 0.305 e. The Morgan fingerprint density at radius 3 is 2.72 bits per heavy atom. The number of unbranched alkanes of at least 4 members (excludes halogenated alkanes) is 2. The Morgan fingerprint density at radius 2 is 2.07 bits per heavy atom. The predicted octanol–water partition coefficient (Wildman–Crippen LogP) is 4.87. The maximum atomic E-state index is 11.2. The molecule has 1 heterocycles. The lowest BCUT2D eigenvalue weighted by Gasteiger charge is -2.45. The van der Waals surface area contributed by atoms with Gasteiger partial charge in [0.25, 0.3) is 0 Å². The number of thioether (sulfide) groups is 1. The van der Waals surface area contributed by atoms with Gasteiger partial charge in [0.05, 0.1) is 19.3 Å². The molecule has 3 aliphatic rings. The molecule has 0 amide bonds. The van der Waals surface area contributed by atoms with Crippen LogP contribution >= 0.6 is 11.8 Å². The SMILES string of the molecule is CCCCC1([C@H](O)/C=C/[C@@H]2[C@H]3CC(CCCCC(=O)OC)S[C@@H]3C[C@H]2O)CCC1. The molecular weight excluding hydrogens is 384 g/mol. The molecule has 4 nitrogen and oxygen atoms in total. The van der Waals surface area contributed by atoms with Gasteiger partial charge >= 0.3 is 5.97 Å². The lowest BCUT2D eigenvalue weighted by Crippen LogP contribution is -2.40. The number of hydrogen-bond acceptors (Lipinski definition) is 5. The van der Waals surface area contributed by atoms with Crippen molar-refractivity contribution in [3.8, 4) is 0 Å². The van der Waals surface area contributed by atoms with Gasteiger partial charge in [0.1, 0.15) is 0 Å². The van der Waals surface area contributed by atoms with Crippen molar-refractivity contribution in [3.05, 3.63) is 12.2 Å². The topological polar surface area (TPSA) is 66.8 Å². The number of carbonyl (C=O) groups is 1. The minimum Gasteiger partial charge on any atom is -0.469 e. The number of rotatable bonds is 11. The highest BCUT2D eigenvalue weighted by Gasteiger charge is 2.48. The third kappa shape index (κ3) is 5.59. The predicted molar refractivity (Wildman–Crippen MR) is 119 cm³/mol. The van der Waals surface area contributed by atoms with Crippen molar-refractivity contribution in [3.63, 3.8) is 0 Å². The molecular formula is C24H40O4S. The zero-order valence-corrected chi connectivity index (χ0v) is 19.0. The first-order chi connectivity index (χ1) is 14.0. The molecule has 1 unspecified atom stereocenters. The first-order valence-corrected chi connectivity index (χ1v) is 12.7. The van der Waals surface area contributed by atoms with Crippen LogP contribution in [-0.2, 0) is 9.53 Å².